The van der Waals surface area contributed by atoms with Crippen molar-refractivity contribution in [2.45, 2.75) is 19.3 Å². The highest BCUT2D eigenvalue weighted by molar-refractivity contribution is 5.96. The third kappa shape index (κ3) is 7.41. The Morgan fingerprint density at radius 3 is 2.33 bits per heavy atom. The van der Waals surface area contributed by atoms with Crippen LogP contribution in [0.5, 0.6) is 0 Å². The van der Waals surface area contributed by atoms with Gasteiger partial charge in [-0.2, -0.15) is 0 Å². The van der Waals surface area contributed by atoms with E-state index < -0.39 is 0 Å². The SMILES string of the molecule is Cl.O=C(CNCC1CC1)Nc1ccc(C(=O)NCCc2ccccc2)cc1. The minimum Gasteiger partial charge on any atom is -0.352 e. The van der Waals surface area contributed by atoms with Crippen molar-refractivity contribution >= 4 is 29.9 Å². The number of hydrogen-bond acceptors (Lipinski definition) is 3. The summed E-state index contributed by atoms with van der Waals surface area (Å²) in [7, 11) is 0. The maximum Gasteiger partial charge on any atom is 0.251 e. The van der Waals surface area contributed by atoms with E-state index in [0.717, 1.165) is 18.9 Å². The molecule has 0 aromatic heterocycles. The maximum absolute atomic E-state index is 12.2. The number of nitrogens with one attached hydrogen (secondary N) is 3. The third-order valence-corrected chi connectivity index (χ3v) is 4.39. The lowest BCUT2D eigenvalue weighted by Gasteiger charge is -2.08. The molecule has 0 unspecified atom stereocenters. The van der Waals surface area contributed by atoms with Gasteiger partial charge in [-0.15, -0.1) is 12.4 Å². The van der Waals surface area contributed by atoms with Crippen molar-refractivity contribution < 1.29 is 9.59 Å². The van der Waals surface area contributed by atoms with Crippen molar-refractivity contribution in [3.63, 3.8) is 0 Å². The van der Waals surface area contributed by atoms with Gasteiger partial charge < -0.3 is 16.0 Å². The molecule has 2 aromatic carbocycles. The molecule has 2 aromatic rings. The molecule has 0 bridgehead atoms. The van der Waals surface area contributed by atoms with Crippen LogP contribution in [-0.2, 0) is 11.2 Å². The molecule has 1 saturated carbocycles. The van der Waals surface area contributed by atoms with E-state index in [-0.39, 0.29) is 24.2 Å². The highest BCUT2D eigenvalue weighted by atomic mass is 35.5. The molecule has 0 atom stereocenters. The first-order valence-electron chi connectivity index (χ1n) is 9.13. The van der Waals surface area contributed by atoms with Crippen LogP contribution >= 0.6 is 12.4 Å². The highest BCUT2D eigenvalue weighted by Crippen LogP contribution is 2.27. The van der Waals surface area contributed by atoms with Gasteiger partial charge in [0.1, 0.15) is 0 Å². The van der Waals surface area contributed by atoms with Crippen LogP contribution < -0.4 is 16.0 Å². The fourth-order valence-corrected chi connectivity index (χ4v) is 2.69. The lowest BCUT2D eigenvalue weighted by Crippen LogP contribution is -2.29. The molecule has 3 N–H and O–H groups in total. The number of halogens is 1. The minimum absolute atomic E-state index is 0. The first-order chi connectivity index (χ1) is 12.7. The van der Waals surface area contributed by atoms with Crippen molar-refractivity contribution in [2.75, 3.05) is 25.0 Å². The number of benzene rings is 2. The predicted molar refractivity (Wildman–Crippen MR) is 110 cm³/mol. The summed E-state index contributed by atoms with van der Waals surface area (Å²) in [6, 6.07) is 17.0. The number of hydrogen-bond donors (Lipinski definition) is 3. The Morgan fingerprint density at radius 2 is 1.67 bits per heavy atom. The van der Waals surface area contributed by atoms with Gasteiger partial charge in [-0.25, -0.2) is 0 Å². The average Bonchev–Trinajstić information content (AvgIpc) is 3.47. The van der Waals surface area contributed by atoms with Crippen LogP contribution in [0.25, 0.3) is 0 Å². The Hall–Kier alpha value is -2.37. The molecule has 0 aliphatic heterocycles. The summed E-state index contributed by atoms with van der Waals surface area (Å²) in [6.07, 6.45) is 3.33. The molecule has 0 radical (unpaired) electrons. The summed E-state index contributed by atoms with van der Waals surface area (Å²) in [5.74, 6) is 0.582. The van der Waals surface area contributed by atoms with E-state index in [9.17, 15) is 9.59 Å². The molecule has 0 heterocycles. The molecule has 0 spiro atoms. The molecule has 2 amide bonds. The number of amides is 2. The van der Waals surface area contributed by atoms with Crippen LogP contribution in [0.15, 0.2) is 54.6 Å². The van der Waals surface area contributed by atoms with Crippen molar-refractivity contribution in [1.29, 1.82) is 0 Å². The fraction of sp³-hybridized carbons (Fsp3) is 0.333. The average molecular weight is 388 g/mol. The molecule has 1 aliphatic carbocycles. The molecular weight excluding hydrogens is 362 g/mol. The van der Waals surface area contributed by atoms with E-state index in [1.807, 2.05) is 30.3 Å². The molecule has 1 fully saturated rings. The first-order valence-corrected chi connectivity index (χ1v) is 9.13. The van der Waals surface area contributed by atoms with Gasteiger partial charge in [0.25, 0.3) is 5.91 Å². The molecule has 0 saturated heterocycles. The molecule has 1 aliphatic rings. The summed E-state index contributed by atoms with van der Waals surface area (Å²) in [5.41, 5.74) is 2.48. The zero-order chi connectivity index (χ0) is 18.2. The van der Waals surface area contributed by atoms with Crippen LogP contribution in [0, 0.1) is 5.92 Å². The Morgan fingerprint density at radius 1 is 0.963 bits per heavy atom. The molecule has 144 valence electrons. The fourth-order valence-electron chi connectivity index (χ4n) is 2.69. The van der Waals surface area contributed by atoms with Gasteiger partial charge in [-0.1, -0.05) is 30.3 Å². The Balaban J connectivity index is 0.00000261. The van der Waals surface area contributed by atoms with Crippen LogP contribution in [0.4, 0.5) is 5.69 Å². The quantitative estimate of drug-likeness (QED) is 0.619. The summed E-state index contributed by atoms with van der Waals surface area (Å²) in [4.78, 5) is 24.0. The molecule has 27 heavy (non-hydrogen) atoms. The van der Waals surface area contributed by atoms with E-state index in [0.29, 0.717) is 24.3 Å². The van der Waals surface area contributed by atoms with Crippen LogP contribution in [0.1, 0.15) is 28.8 Å². The predicted octanol–water partition coefficient (Wildman–Crippen LogP) is 3.02. The third-order valence-electron chi connectivity index (χ3n) is 4.39. The normalized spacial score (nSPS) is 12.7. The zero-order valence-corrected chi connectivity index (χ0v) is 16.1. The minimum atomic E-state index is -0.107. The van der Waals surface area contributed by atoms with Gasteiger partial charge in [0.2, 0.25) is 5.91 Å². The second-order valence-corrected chi connectivity index (χ2v) is 6.69. The van der Waals surface area contributed by atoms with Crippen molar-refractivity contribution in [3.05, 3.63) is 65.7 Å². The zero-order valence-electron chi connectivity index (χ0n) is 15.2. The van der Waals surface area contributed by atoms with Gasteiger partial charge in [0.15, 0.2) is 0 Å². The molecule has 5 nitrogen and oxygen atoms in total. The van der Waals surface area contributed by atoms with Gasteiger partial charge >= 0.3 is 0 Å². The lowest BCUT2D eigenvalue weighted by molar-refractivity contribution is -0.115. The summed E-state index contributed by atoms with van der Waals surface area (Å²) in [6.45, 7) is 1.82. The molecular formula is C21H26ClN3O2. The van der Waals surface area contributed by atoms with Gasteiger partial charge in [-0.05, 0) is 61.6 Å². The molecule has 3 rings (SSSR count). The smallest absolute Gasteiger partial charge is 0.251 e. The Kier molecular flexibility index (Phi) is 8.30. The number of anilines is 1. The van der Waals surface area contributed by atoms with Crippen LogP contribution in [-0.4, -0.2) is 31.4 Å². The first kappa shape index (κ1) is 20.9. The van der Waals surface area contributed by atoms with Gasteiger partial charge in [-0.3, -0.25) is 9.59 Å². The maximum atomic E-state index is 12.2. The van der Waals surface area contributed by atoms with Crippen LogP contribution in [0.2, 0.25) is 0 Å². The van der Waals surface area contributed by atoms with Crippen molar-refractivity contribution in [1.82, 2.24) is 10.6 Å². The van der Waals surface area contributed by atoms with E-state index in [1.165, 1.54) is 18.4 Å². The Bertz CT molecular complexity index is 731. The van der Waals surface area contributed by atoms with Gasteiger partial charge in [0.05, 0.1) is 6.54 Å². The monoisotopic (exact) mass is 387 g/mol. The van der Waals surface area contributed by atoms with Gasteiger partial charge in [0, 0.05) is 17.8 Å². The van der Waals surface area contributed by atoms with E-state index in [2.05, 4.69) is 16.0 Å². The summed E-state index contributed by atoms with van der Waals surface area (Å²) in [5, 5.41) is 8.91. The van der Waals surface area contributed by atoms with E-state index in [1.54, 1.807) is 24.3 Å². The number of carbonyl (C=O) groups excluding carboxylic acids is 2. The number of rotatable bonds is 9. The second kappa shape index (κ2) is 10.7. The van der Waals surface area contributed by atoms with Crippen LogP contribution in [0.3, 0.4) is 0 Å². The van der Waals surface area contributed by atoms with Crippen molar-refractivity contribution in [3.8, 4) is 0 Å². The lowest BCUT2D eigenvalue weighted by atomic mass is 10.1. The van der Waals surface area contributed by atoms with Crippen molar-refractivity contribution in [2.24, 2.45) is 5.92 Å². The highest BCUT2D eigenvalue weighted by Gasteiger charge is 2.20. The standard InChI is InChI=1S/C21H25N3O2.ClH/c25-20(15-22-14-17-6-7-17)24-19-10-8-18(9-11-19)21(26)23-13-12-16-4-2-1-3-5-16;/h1-5,8-11,17,22H,6-7,12-15H2,(H,23,26)(H,24,25);1H. The summed E-state index contributed by atoms with van der Waals surface area (Å²) >= 11 is 0. The number of carbonyl (C=O) groups is 2. The molecule has 6 heteroatoms. The summed E-state index contributed by atoms with van der Waals surface area (Å²) < 4.78 is 0. The van der Waals surface area contributed by atoms with E-state index >= 15 is 0 Å². The largest absolute Gasteiger partial charge is 0.352 e. The van der Waals surface area contributed by atoms with E-state index in [4.69, 9.17) is 0 Å². The Labute approximate surface area is 166 Å². The topological polar surface area (TPSA) is 70.2 Å². The second-order valence-electron chi connectivity index (χ2n) is 6.69.